The van der Waals surface area contributed by atoms with Crippen LogP contribution < -0.4 is 0 Å². The Bertz CT molecular complexity index is 805. The molecule has 0 aliphatic carbocycles. The minimum absolute atomic E-state index is 0.0751. The molecule has 0 radical (unpaired) electrons. The molecule has 0 bridgehead atoms. The number of nitro benzene ring substituents is 1. The summed E-state index contributed by atoms with van der Waals surface area (Å²) in [5, 5.41) is 30.1. The largest absolute Gasteiger partial charge is 0.507 e. The van der Waals surface area contributed by atoms with Crippen molar-refractivity contribution in [3.05, 3.63) is 38.8 Å². The van der Waals surface area contributed by atoms with Crippen molar-refractivity contribution in [1.29, 1.82) is 0 Å². The number of aliphatic carboxylic acids is 1. The summed E-state index contributed by atoms with van der Waals surface area (Å²) in [6.45, 7) is 3.32. The number of nitro groups is 1. The standard InChI is InChI=1S/C15H14N2O6S2/c1-7(2)12(14(20)21)16-13(19)11(25-15(16)24)6-8-5-9(17(22)23)3-4-10(8)18/h3-7,12,18H,1-2H3,(H,20,21)/b11-6-. The molecular weight excluding hydrogens is 368 g/mol. The number of rotatable bonds is 5. The average molecular weight is 382 g/mol. The minimum Gasteiger partial charge on any atom is -0.507 e. The van der Waals surface area contributed by atoms with Crippen molar-refractivity contribution in [2.24, 2.45) is 5.92 Å². The zero-order chi connectivity index (χ0) is 18.9. The van der Waals surface area contributed by atoms with Crippen LogP contribution >= 0.6 is 24.0 Å². The smallest absolute Gasteiger partial charge is 0.327 e. The topological polar surface area (TPSA) is 121 Å². The predicted octanol–water partition coefficient (Wildman–Crippen LogP) is 2.61. The molecule has 1 amide bonds. The molecule has 1 aromatic carbocycles. The van der Waals surface area contributed by atoms with Crippen LogP contribution in [0.5, 0.6) is 5.75 Å². The fourth-order valence-corrected chi connectivity index (χ4v) is 3.65. The Labute approximate surface area is 152 Å². The lowest BCUT2D eigenvalue weighted by molar-refractivity contribution is -0.384. The summed E-state index contributed by atoms with van der Waals surface area (Å²) >= 11 is 6.01. The van der Waals surface area contributed by atoms with Gasteiger partial charge in [-0.1, -0.05) is 37.8 Å². The maximum absolute atomic E-state index is 12.6. The molecule has 1 aromatic rings. The number of non-ortho nitro benzene ring substituents is 1. The summed E-state index contributed by atoms with van der Waals surface area (Å²) in [5.74, 6) is -2.40. The average Bonchev–Trinajstić information content (AvgIpc) is 2.76. The Morgan fingerprint density at radius 2 is 2.08 bits per heavy atom. The van der Waals surface area contributed by atoms with E-state index in [0.717, 1.165) is 34.9 Å². The molecule has 8 nitrogen and oxygen atoms in total. The number of phenolic OH excluding ortho intramolecular Hbond substituents is 1. The Morgan fingerprint density at radius 1 is 1.44 bits per heavy atom. The zero-order valence-electron chi connectivity index (χ0n) is 13.2. The maximum Gasteiger partial charge on any atom is 0.327 e. The third-order valence-electron chi connectivity index (χ3n) is 3.49. The molecule has 2 rings (SSSR count). The molecule has 0 spiro atoms. The first-order valence-electron chi connectivity index (χ1n) is 7.10. The number of carboxylic acid groups (broad SMARTS) is 1. The highest BCUT2D eigenvalue weighted by molar-refractivity contribution is 8.26. The molecule has 0 aromatic heterocycles. The fourth-order valence-electron chi connectivity index (χ4n) is 2.33. The van der Waals surface area contributed by atoms with Crippen molar-refractivity contribution in [2.45, 2.75) is 19.9 Å². The number of aromatic hydroxyl groups is 1. The highest BCUT2D eigenvalue weighted by Crippen LogP contribution is 2.37. The van der Waals surface area contributed by atoms with Gasteiger partial charge in [0.05, 0.1) is 9.83 Å². The number of benzene rings is 1. The molecular formula is C15H14N2O6S2. The van der Waals surface area contributed by atoms with Crippen molar-refractivity contribution in [3.8, 4) is 5.75 Å². The molecule has 132 valence electrons. The Morgan fingerprint density at radius 3 is 2.60 bits per heavy atom. The van der Waals surface area contributed by atoms with E-state index in [2.05, 4.69) is 0 Å². The minimum atomic E-state index is -1.18. The summed E-state index contributed by atoms with van der Waals surface area (Å²) < 4.78 is 0.0854. The van der Waals surface area contributed by atoms with Gasteiger partial charge in [-0.3, -0.25) is 19.8 Å². The third kappa shape index (κ3) is 3.80. The van der Waals surface area contributed by atoms with Gasteiger partial charge in [0.25, 0.3) is 11.6 Å². The van der Waals surface area contributed by atoms with E-state index in [9.17, 15) is 29.9 Å². The summed E-state index contributed by atoms with van der Waals surface area (Å²) in [7, 11) is 0. The summed E-state index contributed by atoms with van der Waals surface area (Å²) in [6, 6.07) is 2.30. The second-order valence-electron chi connectivity index (χ2n) is 5.58. The lowest BCUT2D eigenvalue weighted by Gasteiger charge is -2.26. The number of carboxylic acids is 1. The Hall–Kier alpha value is -2.46. The van der Waals surface area contributed by atoms with Crippen LogP contribution in [0.25, 0.3) is 6.08 Å². The number of phenols is 1. The van der Waals surface area contributed by atoms with Crippen LogP contribution in [0.15, 0.2) is 23.1 Å². The maximum atomic E-state index is 12.6. The van der Waals surface area contributed by atoms with E-state index in [4.69, 9.17) is 12.2 Å². The van der Waals surface area contributed by atoms with Crippen LogP contribution in [0.1, 0.15) is 19.4 Å². The monoisotopic (exact) mass is 382 g/mol. The second kappa shape index (κ2) is 7.19. The van der Waals surface area contributed by atoms with Crippen LogP contribution in [0.3, 0.4) is 0 Å². The Balaban J connectivity index is 2.43. The van der Waals surface area contributed by atoms with Crippen LogP contribution in [0, 0.1) is 16.0 Å². The molecule has 1 heterocycles. The molecule has 1 aliphatic heterocycles. The lowest BCUT2D eigenvalue weighted by Crippen LogP contribution is -2.47. The Kier molecular flexibility index (Phi) is 5.43. The molecule has 1 aliphatic rings. The van der Waals surface area contributed by atoms with Crippen LogP contribution in [-0.2, 0) is 9.59 Å². The summed E-state index contributed by atoms with van der Waals surface area (Å²) in [6.07, 6.45) is 1.26. The van der Waals surface area contributed by atoms with Crippen LogP contribution in [0.2, 0.25) is 0 Å². The quantitative estimate of drug-likeness (QED) is 0.345. The molecule has 1 saturated heterocycles. The van der Waals surface area contributed by atoms with Gasteiger partial charge < -0.3 is 10.2 Å². The first-order chi connectivity index (χ1) is 11.6. The van der Waals surface area contributed by atoms with Gasteiger partial charge in [-0.05, 0) is 18.1 Å². The highest BCUT2D eigenvalue weighted by atomic mass is 32.2. The van der Waals surface area contributed by atoms with E-state index in [1.54, 1.807) is 13.8 Å². The number of carbonyl (C=O) groups is 2. The number of amides is 1. The van der Waals surface area contributed by atoms with E-state index in [0.29, 0.717) is 0 Å². The SMILES string of the molecule is CC(C)C(C(=O)O)N1C(=O)/C(=C/c2cc([N+](=O)[O-])ccc2O)SC1=S. The van der Waals surface area contributed by atoms with Gasteiger partial charge in [-0.25, -0.2) is 4.79 Å². The molecule has 10 heteroatoms. The molecule has 1 unspecified atom stereocenters. The van der Waals surface area contributed by atoms with E-state index in [1.165, 1.54) is 6.08 Å². The van der Waals surface area contributed by atoms with Crippen LogP contribution in [0.4, 0.5) is 5.69 Å². The second-order valence-corrected chi connectivity index (χ2v) is 7.25. The molecule has 25 heavy (non-hydrogen) atoms. The van der Waals surface area contributed by atoms with Crippen LogP contribution in [-0.4, -0.2) is 42.3 Å². The summed E-state index contributed by atoms with van der Waals surface area (Å²) in [4.78, 5) is 35.4. The number of hydrogen-bond donors (Lipinski definition) is 2. The number of nitrogens with zero attached hydrogens (tertiary/aromatic N) is 2. The molecule has 2 N–H and O–H groups in total. The first-order valence-corrected chi connectivity index (χ1v) is 8.33. The summed E-state index contributed by atoms with van der Waals surface area (Å²) in [5.41, 5.74) is -0.170. The first kappa shape index (κ1) is 18.9. The van der Waals surface area contributed by atoms with E-state index in [1.807, 2.05) is 0 Å². The van der Waals surface area contributed by atoms with Crippen molar-refractivity contribution in [2.75, 3.05) is 0 Å². The third-order valence-corrected chi connectivity index (χ3v) is 4.83. The van der Waals surface area contributed by atoms with Crippen molar-refractivity contribution in [1.82, 2.24) is 4.90 Å². The number of thiocarbonyl (C=S) groups is 1. The fraction of sp³-hybridized carbons (Fsp3) is 0.267. The van der Waals surface area contributed by atoms with Crippen molar-refractivity contribution in [3.63, 3.8) is 0 Å². The lowest BCUT2D eigenvalue weighted by atomic mass is 10.0. The molecule has 1 atom stereocenters. The van der Waals surface area contributed by atoms with Gasteiger partial charge in [0, 0.05) is 17.7 Å². The normalized spacial score (nSPS) is 17.4. The van der Waals surface area contributed by atoms with Gasteiger partial charge in [-0.2, -0.15) is 0 Å². The van der Waals surface area contributed by atoms with Crippen molar-refractivity contribution < 1.29 is 24.7 Å². The van der Waals surface area contributed by atoms with Gasteiger partial charge in [0.1, 0.15) is 16.1 Å². The van der Waals surface area contributed by atoms with E-state index >= 15 is 0 Å². The molecule has 0 saturated carbocycles. The van der Waals surface area contributed by atoms with Crippen molar-refractivity contribution >= 4 is 51.9 Å². The number of hydrogen-bond acceptors (Lipinski definition) is 7. The number of carbonyl (C=O) groups excluding carboxylic acids is 1. The molecule has 1 fully saturated rings. The van der Waals surface area contributed by atoms with Gasteiger partial charge in [-0.15, -0.1) is 0 Å². The highest BCUT2D eigenvalue weighted by Gasteiger charge is 2.42. The van der Waals surface area contributed by atoms with Gasteiger partial charge in [0.2, 0.25) is 0 Å². The van der Waals surface area contributed by atoms with Gasteiger partial charge in [0.15, 0.2) is 0 Å². The number of thioether (sulfide) groups is 1. The van der Waals surface area contributed by atoms with E-state index in [-0.39, 0.29) is 32.1 Å². The predicted molar refractivity (Wildman–Crippen MR) is 96.0 cm³/mol. The zero-order valence-corrected chi connectivity index (χ0v) is 14.8. The van der Waals surface area contributed by atoms with Gasteiger partial charge >= 0.3 is 5.97 Å². The van der Waals surface area contributed by atoms with E-state index < -0.39 is 22.8 Å².